The number of fused-ring (bicyclic) bond motifs is 1. The molecule has 1 atom stereocenters. The summed E-state index contributed by atoms with van der Waals surface area (Å²) in [4.78, 5) is 31.7. The zero-order chi connectivity index (χ0) is 25.2. The number of furan rings is 1. The molecule has 2 aromatic heterocycles. The summed E-state index contributed by atoms with van der Waals surface area (Å²) in [5.74, 6) is 0.576. The Bertz CT molecular complexity index is 1680. The third-order valence-corrected chi connectivity index (χ3v) is 7.04. The lowest BCUT2D eigenvalue weighted by Crippen LogP contribution is -2.39. The van der Waals surface area contributed by atoms with Crippen molar-refractivity contribution in [3.05, 3.63) is 127 Å². The number of ether oxygens (including phenoxy) is 1. The summed E-state index contributed by atoms with van der Waals surface area (Å²) >= 11 is 7.54. The minimum Gasteiger partial charge on any atom is -0.458 e. The molecule has 180 valence electrons. The van der Waals surface area contributed by atoms with Gasteiger partial charge < -0.3 is 9.15 Å². The van der Waals surface area contributed by atoms with Crippen molar-refractivity contribution in [3.63, 3.8) is 0 Å². The molecule has 6 nitrogen and oxygen atoms in total. The molecule has 0 bridgehead atoms. The van der Waals surface area contributed by atoms with E-state index in [9.17, 15) is 9.59 Å². The normalized spacial score (nSPS) is 15.4. The second-order valence-electron chi connectivity index (χ2n) is 8.06. The molecule has 0 saturated carbocycles. The molecule has 1 aliphatic heterocycles. The molecule has 2 aromatic carbocycles. The number of hydrogen-bond acceptors (Lipinski definition) is 6. The van der Waals surface area contributed by atoms with Crippen LogP contribution >= 0.6 is 22.9 Å². The van der Waals surface area contributed by atoms with E-state index >= 15 is 0 Å². The van der Waals surface area contributed by atoms with Gasteiger partial charge in [-0.2, -0.15) is 0 Å². The topological polar surface area (TPSA) is 73.8 Å². The Balaban J connectivity index is 1.63. The Morgan fingerprint density at radius 2 is 1.92 bits per heavy atom. The minimum absolute atomic E-state index is 0.0633. The second kappa shape index (κ2) is 9.97. The van der Waals surface area contributed by atoms with E-state index < -0.39 is 12.0 Å². The molecular formula is C28H21ClN2O4S. The number of allylic oxidation sites excluding steroid dienone is 1. The molecule has 3 heterocycles. The number of esters is 1. The number of carbonyl (C=O) groups is 1. The van der Waals surface area contributed by atoms with Gasteiger partial charge in [0.2, 0.25) is 0 Å². The maximum Gasteiger partial charge on any atom is 0.338 e. The average Bonchev–Trinajstić information content (AvgIpc) is 3.47. The highest BCUT2D eigenvalue weighted by molar-refractivity contribution is 7.07. The molecule has 0 radical (unpaired) electrons. The van der Waals surface area contributed by atoms with E-state index in [1.807, 2.05) is 54.6 Å². The van der Waals surface area contributed by atoms with Gasteiger partial charge >= 0.3 is 5.97 Å². The number of carbonyl (C=O) groups excluding carboxylic acids is 1. The molecule has 4 aromatic rings. The highest BCUT2D eigenvalue weighted by Gasteiger charge is 2.33. The van der Waals surface area contributed by atoms with Gasteiger partial charge in [-0.15, -0.1) is 0 Å². The molecular weight excluding hydrogens is 496 g/mol. The van der Waals surface area contributed by atoms with Crippen LogP contribution in [0, 0.1) is 0 Å². The number of hydrogen-bond donors (Lipinski definition) is 0. The predicted molar refractivity (Wildman–Crippen MR) is 141 cm³/mol. The zero-order valence-electron chi connectivity index (χ0n) is 19.3. The smallest absolute Gasteiger partial charge is 0.338 e. The first-order valence-electron chi connectivity index (χ1n) is 11.2. The van der Waals surface area contributed by atoms with Crippen molar-refractivity contribution in [2.45, 2.75) is 13.0 Å². The number of rotatable bonds is 6. The maximum absolute atomic E-state index is 13.6. The van der Waals surface area contributed by atoms with Gasteiger partial charge in [-0.3, -0.25) is 9.36 Å². The summed E-state index contributed by atoms with van der Waals surface area (Å²) in [6.45, 7) is 5.42. The molecule has 36 heavy (non-hydrogen) atoms. The minimum atomic E-state index is -0.669. The van der Waals surface area contributed by atoms with Gasteiger partial charge in [-0.05, 0) is 36.8 Å². The standard InChI is InChI=1S/C28H21ClN2O4S/c1-3-15-34-27(33)24-17(2)30-28-31(25(24)18-9-5-4-6-10-18)26(32)23(36-28)16-19-13-14-22(35-19)20-11-7-8-12-21(20)29/h3-14,16,25H,1,15H2,2H3. The van der Waals surface area contributed by atoms with Gasteiger partial charge in [0.1, 0.15) is 18.1 Å². The molecule has 5 rings (SSSR count). The van der Waals surface area contributed by atoms with Crippen LogP contribution in [0.25, 0.3) is 17.4 Å². The molecule has 0 N–H and O–H groups in total. The number of halogens is 1. The van der Waals surface area contributed by atoms with Crippen LogP contribution in [0.5, 0.6) is 0 Å². The number of thiazole rings is 1. The van der Waals surface area contributed by atoms with Crippen LogP contribution in [0.3, 0.4) is 0 Å². The van der Waals surface area contributed by atoms with Crippen LogP contribution < -0.4 is 14.9 Å². The lowest BCUT2D eigenvalue weighted by molar-refractivity contribution is -0.138. The van der Waals surface area contributed by atoms with E-state index in [0.29, 0.717) is 37.1 Å². The number of nitrogens with zero attached hydrogens (tertiary/aromatic N) is 2. The summed E-state index contributed by atoms with van der Waals surface area (Å²) in [6.07, 6.45) is 3.18. The molecule has 0 spiro atoms. The van der Waals surface area contributed by atoms with E-state index in [-0.39, 0.29) is 12.2 Å². The van der Waals surface area contributed by atoms with E-state index in [2.05, 4.69) is 11.6 Å². The summed E-state index contributed by atoms with van der Waals surface area (Å²) in [7, 11) is 0. The number of aromatic nitrogens is 1. The first-order valence-corrected chi connectivity index (χ1v) is 12.4. The Kier molecular flexibility index (Phi) is 6.59. The third kappa shape index (κ3) is 4.39. The lowest BCUT2D eigenvalue weighted by Gasteiger charge is -2.24. The Hall–Kier alpha value is -3.94. The van der Waals surface area contributed by atoms with Crippen LogP contribution in [-0.4, -0.2) is 17.1 Å². The van der Waals surface area contributed by atoms with Crippen molar-refractivity contribution in [1.29, 1.82) is 0 Å². The maximum atomic E-state index is 13.6. The SMILES string of the molecule is C=CCOC(=O)C1=C(C)N=c2sc(=Cc3ccc(-c4ccccc4Cl)o3)c(=O)n2C1c1ccccc1. The number of benzene rings is 2. The largest absolute Gasteiger partial charge is 0.458 e. The van der Waals surface area contributed by atoms with Gasteiger partial charge in [-0.1, -0.05) is 78.1 Å². The Morgan fingerprint density at radius 1 is 1.17 bits per heavy atom. The molecule has 0 aliphatic carbocycles. The Morgan fingerprint density at radius 3 is 2.67 bits per heavy atom. The second-order valence-corrected chi connectivity index (χ2v) is 9.48. The quantitative estimate of drug-likeness (QED) is 0.270. The molecule has 8 heteroatoms. The van der Waals surface area contributed by atoms with E-state index in [4.69, 9.17) is 20.8 Å². The summed E-state index contributed by atoms with van der Waals surface area (Å²) in [5.41, 5.74) is 2.10. The molecule has 1 unspecified atom stereocenters. The lowest BCUT2D eigenvalue weighted by atomic mass is 9.96. The van der Waals surface area contributed by atoms with E-state index in [0.717, 1.165) is 11.1 Å². The summed E-state index contributed by atoms with van der Waals surface area (Å²) in [6, 6.07) is 19.7. The molecule has 1 aliphatic rings. The first kappa shape index (κ1) is 23.8. The zero-order valence-corrected chi connectivity index (χ0v) is 20.9. The fourth-order valence-corrected chi connectivity index (χ4v) is 5.37. The van der Waals surface area contributed by atoms with Gasteiger partial charge in [-0.25, -0.2) is 9.79 Å². The predicted octanol–water partition coefficient (Wildman–Crippen LogP) is 4.88. The summed E-state index contributed by atoms with van der Waals surface area (Å²) < 4.78 is 13.3. The third-order valence-electron chi connectivity index (χ3n) is 5.73. The monoisotopic (exact) mass is 516 g/mol. The molecule has 0 amide bonds. The van der Waals surface area contributed by atoms with Crippen LogP contribution in [0.15, 0.2) is 105 Å². The fraction of sp³-hybridized carbons (Fsp3) is 0.107. The van der Waals surface area contributed by atoms with Crippen molar-refractivity contribution in [2.24, 2.45) is 4.99 Å². The van der Waals surface area contributed by atoms with Crippen LogP contribution in [-0.2, 0) is 9.53 Å². The van der Waals surface area contributed by atoms with Crippen LogP contribution in [0.2, 0.25) is 5.02 Å². The van der Waals surface area contributed by atoms with Gasteiger partial charge in [0.25, 0.3) is 5.56 Å². The van der Waals surface area contributed by atoms with Gasteiger partial charge in [0.05, 0.1) is 26.9 Å². The van der Waals surface area contributed by atoms with Crippen molar-refractivity contribution in [3.8, 4) is 11.3 Å². The molecule has 0 fully saturated rings. The van der Waals surface area contributed by atoms with Crippen molar-refractivity contribution in [2.75, 3.05) is 6.61 Å². The van der Waals surface area contributed by atoms with Gasteiger partial charge in [0, 0.05) is 11.6 Å². The average molecular weight is 517 g/mol. The fourth-order valence-electron chi connectivity index (χ4n) is 4.11. The van der Waals surface area contributed by atoms with E-state index in [1.54, 1.807) is 29.7 Å². The van der Waals surface area contributed by atoms with Crippen LogP contribution in [0.1, 0.15) is 24.3 Å². The summed E-state index contributed by atoms with van der Waals surface area (Å²) in [5, 5.41) is 0.576. The van der Waals surface area contributed by atoms with Crippen molar-refractivity contribution < 1.29 is 13.9 Å². The van der Waals surface area contributed by atoms with Crippen molar-refractivity contribution in [1.82, 2.24) is 4.57 Å². The van der Waals surface area contributed by atoms with Gasteiger partial charge in [0.15, 0.2) is 4.80 Å². The van der Waals surface area contributed by atoms with Crippen molar-refractivity contribution >= 4 is 35.0 Å². The molecule has 0 saturated heterocycles. The first-order chi connectivity index (χ1) is 17.5. The highest BCUT2D eigenvalue weighted by atomic mass is 35.5. The van der Waals surface area contributed by atoms with E-state index in [1.165, 1.54) is 17.4 Å². The highest BCUT2D eigenvalue weighted by Crippen LogP contribution is 2.31. The Labute approximate surface area is 215 Å². The van der Waals surface area contributed by atoms with Crippen LogP contribution in [0.4, 0.5) is 0 Å².